The van der Waals surface area contributed by atoms with Crippen LogP contribution in [-0.2, 0) is 0 Å². The van der Waals surface area contributed by atoms with E-state index in [-0.39, 0.29) is 6.03 Å². The lowest BCUT2D eigenvalue weighted by Gasteiger charge is -2.31. The number of carbonyl (C=O) groups is 1. The molecule has 0 saturated carbocycles. The summed E-state index contributed by atoms with van der Waals surface area (Å²) in [4.78, 5) is 42.0. The monoisotopic (exact) mass is 408 g/mol. The van der Waals surface area contributed by atoms with Crippen LogP contribution in [0.1, 0.15) is 31.1 Å². The Morgan fingerprint density at radius 2 is 1.33 bits per heavy atom. The first-order valence-electron chi connectivity index (χ1n) is 9.68. The van der Waals surface area contributed by atoms with Crippen molar-refractivity contribution in [1.82, 2.24) is 14.2 Å². The summed E-state index contributed by atoms with van der Waals surface area (Å²) in [5, 5.41) is 0. The molecule has 0 spiro atoms. The Labute approximate surface area is 173 Å². The third-order valence-corrected chi connectivity index (χ3v) is 5.80. The summed E-state index contributed by atoms with van der Waals surface area (Å²) in [5.41, 5.74) is 1.62. The third kappa shape index (κ3) is 2.87. The van der Waals surface area contributed by atoms with Crippen LogP contribution in [0, 0.1) is 13.8 Å². The molecule has 1 aliphatic heterocycles. The highest BCUT2D eigenvalue weighted by molar-refractivity contribution is 5.95. The van der Waals surface area contributed by atoms with E-state index in [4.69, 9.17) is 4.52 Å². The van der Waals surface area contributed by atoms with Crippen LogP contribution in [-0.4, -0.2) is 32.8 Å². The van der Waals surface area contributed by atoms with Gasteiger partial charge in [0.1, 0.15) is 0 Å². The van der Waals surface area contributed by atoms with Crippen molar-refractivity contribution in [2.24, 2.45) is 0 Å². The van der Waals surface area contributed by atoms with Gasteiger partial charge in [-0.1, -0.05) is 35.4 Å². The Bertz CT molecular complexity index is 1220. The molecule has 30 heavy (non-hydrogen) atoms. The molecule has 1 fully saturated rings. The predicted octanol–water partition coefficient (Wildman–Crippen LogP) is 3.06. The zero-order valence-electron chi connectivity index (χ0n) is 17.6. The number of hydrogen-bond acceptors (Lipinski definition) is 4. The molecule has 0 aliphatic carbocycles. The molecular formula is C22H24N4O4. The number of likely N-dealkylation sites (N-methyl/N-ethyl adjacent to an activating group) is 1. The van der Waals surface area contributed by atoms with Gasteiger partial charge in [-0.3, -0.25) is 4.90 Å². The van der Waals surface area contributed by atoms with Crippen LogP contribution < -0.4 is 16.3 Å². The Hall–Kier alpha value is -3.55. The summed E-state index contributed by atoms with van der Waals surface area (Å²) in [6.07, 6.45) is -0.843. The van der Waals surface area contributed by atoms with Crippen molar-refractivity contribution in [1.29, 1.82) is 0 Å². The first-order valence-corrected chi connectivity index (χ1v) is 9.68. The number of nitrogens with zero attached hydrogens (tertiary/aromatic N) is 4. The molecule has 8 nitrogen and oxygen atoms in total. The lowest BCUT2D eigenvalue weighted by atomic mass is 10.0. The molecule has 8 heteroatoms. The highest BCUT2D eigenvalue weighted by atomic mass is 16.5. The quantitative estimate of drug-likeness (QED) is 0.667. The molecule has 2 amide bonds. The molecule has 0 radical (unpaired) electrons. The number of urea groups is 1. The van der Waals surface area contributed by atoms with Crippen molar-refractivity contribution in [3.05, 3.63) is 80.7 Å². The van der Waals surface area contributed by atoms with Crippen LogP contribution in [0.2, 0.25) is 0 Å². The Morgan fingerprint density at radius 3 is 1.87 bits per heavy atom. The second-order valence-electron chi connectivity index (χ2n) is 8.21. The SMILES string of the molecule is Cc1ccc(N2C(=O)N(C)C(C)(C)[C@H]2n2oc(=O)n(-c3ccc(C)cc3)c2=O)cc1. The van der Waals surface area contributed by atoms with E-state index in [1.54, 1.807) is 24.1 Å². The van der Waals surface area contributed by atoms with Crippen LogP contribution >= 0.6 is 0 Å². The van der Waals surface area contributed by atoms with Crippen LogP contribution in [0.4, 0.5) is 10.5 Å². The first kappa shape index (κ1) is 19.8. The Kier molecular flexibility index (Phi) is 4.45. The zero-order valence-corrected chi connectivity index (χ0v) is 17.6. The van der Waals surface area contributed by atoms with Gasteiger partial charge < -0.3 is 9.42 Å². The molecule has 4 rings (SSSR count). The smallest absolute Gasteiger partial charge is 0.318 e. The lowest BCUT2D eigenvalue weighted by molar-refractivity contribution is 0.110. The van der Waals surface area contributed by atoms with Gasteiger partial charge in [-0.2, -0.15) is 4.57 Å². The predicted molar refractivity (Wildman–Crippen MR) is 113 cm³/mol. The third-order valence-electron chi connectivity index (χ3n) is 5.80. The van der Waals surface area contributed by atoms with Gasteiger partial charge in [0.15, 0.2) is 6.17 Å². The van der Waals surface area contributed by atoms with Gasteiger partial charge in [-0.15, -0.1) is 4.74 Å². The molecule has 2 heterocycles. The maximum absolute atomic E-state index is 13.3. The van der Waals surface area contributed by atoms with Crippen LogP contribution in [0.3, 0.4) is 0 Å². The highest BCUT2D eigenvalue weighted by Gasteiger charge is 2.53. The number of aryl methyl sites for hydroxylation is 2. The summed E-state index contributed by atoms with van der Waals surface area (Å²) in [5.74, 6) is -0.800. The van der Waals surface area contributed by atoms with Gasteiger partial charge in [-0.05, 0) is 52.0 Å². The van der Waals surface area contributed by atoms with Gasteiger partial charge in [-0.25, -0.2) is 14.4 Å². The van der Waals surface area contributed by atoms with E-state index in [2.05, 4.69) is 0 Å². The number of aromatic nitrogens is 2. The average molecular weight is 408 g/mol. The molecule has 1 saturated heterocycles. The minimum Gasteiger partial charge on any atom is -0.318 e. The van der Waals surface area contributed by atoms with E-state index in [1.165, 1.54) is 4.90 Å². The van der Waals surface area contributed by atoms with Gasteiger partial charge in [0, 0.05) is 12.7 Å². The Balaban J connectivity index is 1.90. The molecule has 0 unspecified atom stereocenters. The fourth-order valence-electron chi connectivity index (χ4n) is 3.76. The first-order chi connectivity index (χ1) is 14.1. The maximum atomic E-state index is 13.3. The number of hydrogen-bond donors (Lipinski definition) is 0. The van der Waals surface area contributed by atoms with Crippen molar-refractivity contribution in [3.63, 3.8) is 0 Å². The summed E-state index contributed by atoms with van der Waals surface area (Å²) < 4.78 is 7.39. The van der Waals surface area contributed by atoms with Gasteiger partial charge >= 0.3 is 17.5 Å². The Morgan fingerprint density at radius 1 is 0.833 bits per heavy atom. The molecular weight excluding hydrogens is 384 g/mol. The number of amides is 2. The van der Waals surface area contributed by atoms with E-state index < -0.39 is 23.2 Å². The number of rotatable bonds is 3. The van der Waals surface area contributed by atoms with E-state index in [9.17, 15) is 14.4 Å². The van der Waals surface area contributed by atoms with E-state index >= 15 is 0 Å². The van der Waals surface area contributed by atoms with Crippen LogP contribution in [0.25, 0.3) is 5.69 Å². The fourth-order valence-corrected chi connectivity index (χ4v) is 3.76. The molecule has 0 bridgehead atoms. The minimum absolute atomic E-state index is 0.286. The average Bonchev–Trinajstić information content (AvgIpc) is 3.08. The molecule has 1 aromatic heterocycles. The second-order valence-corrected chi connectivity index (χ2v) is 8.21. The molecule has 2 aromatic carbocycles. The molecule has 156 valence electrons. The number of carbonyl (C=O) groups excluding carboxylic acids is 1. The van der Waals surface area contributed by atoms with Crippen molar-refractivity contribution in [2.75, 3.05) is 11.9 Å². The maximum Gasteiger partial charge on any atom is 0.447 e. The van der Waals surface area contributed by atoms with Gasteiger partial charge in [0.25, 0.3) is 0 Å². The summed E-state index contributed by atoms with van der Waals surface area (Å²) in [6, 6.07) is 14.1. The zero-order chi connectivity index (χ0) is 21.8. The normalized spacial score (nSPS) is 18.3. The minimum atomic E-state index is -0.843. The van der Waals surface area contributed by atoms with Gasteiger partial charge in [0.05, 0.1) is 11.2 Å². The summed E-state index contributed by atoms with van der Waals surface area (Å²) in [6.45, 7) is 7.54. The molecule has 1 atom stereocenters. The van der Waals surface area contributed by atoms with Crippen LogP contribution in [0.5, 0.6) is 0 Å². The summed E-state index contributed by atoms with van der Waals surface area (Å²) in [7, 11) is 1.67. The van der Waals surface area contributed by atoms with Crippen LogP contribution in [0.15, 0.2) is 62.6 Å². The second kappa shape index (κ2) is 6.76. The molecule has 3 aromatic rings. The van der Waals surface area contributed by atoms with Crippen molar-refractivity contribution < 1.29 is 9.32 Å². The largest absolute Gasteiger partial charge is 0.447 e. The number of benzene rings is 2. The molecule has 1 aliphatic rings. The lowest BCUT2D eigenvalue weighted by Crippen LogP contribution is -2.45. The number of anilines is 1. The van der Waals surface area contributed by atoms with E-state index in [0.29, 0.717) is 11.4 Å². The van der Waals surface area contributed by atoms with Crippen molar-refractivity contribution in [3.8, 4) is 5.69 Å². The summed E-state index contributed by atoms with van der Waals surface area (Å²) >= 11 is 0. The van der Waals surface area contributed by atoms with E-state index in [0.717, 1.165) is 20.4 Å². The standard InChI is InChI=1S/C22H24N4O4/c1-14-6-10-16(11-7-14)24-18(22(3,4)23(5)19(24)27)26-20(28)25(21(29)30-26)17-12-8-15(2)9-13-17/h6-13,18H,1-5H3/t18-/m1/s1. The van der Waals surface area contributed by atoms with E-state index in [1.807, 2.05) is 64.1 Å². The highest BCUT2D eigenvalue weighted by Crippen LogP contribution is 2.41. The molecule has 0 N–H and O–H groups in total. The van der Waals surface area contributed by atoms with Crippen molar-refractivity contribution in [2.45, 2.75) is 39.4 Å². The van der Waals surface area contributed by atoms with Crippen molar-refractivity contribution >= 4 is 11.7 Å². The topological polar surface area (TPSA) is 80.7 Å². The fraction of sp³-hybridized carbons (Fsp3) is 0.318. The van der Waals surface area contributed by atoms with Gasteiger partial charge in [0.2, 0.25) is 0 Å².